The minimum atomic E-state index is -0.781. The van der Waals surface area contributed by atoms with Gasteiger partial charge in [-0.2, -0.15) is 0 Å². The number of carboxylic acid groups (broad SMARTS) is 1. The second-order valence-electron chi connectivity index (χ2n) is 4.65. The number of nitrogens with one attached hydrogen (secondary N) is 1. The van der Waals surface area contributed by atoms with E-state index in [2.05, 4.69) is 10.3 Å². The topological polar surface area (TPSA) is 75.4 Å². The van der Waals surface area contributed by atoms with Crippen molar-refractivity contribution in [3.8, 4) is 0 Å². The normalized spacial score (nSPS) is 24.2. The molecule has 0 amide bonds. The average molecular weight is 246 g/mol. The number of fused-ring (bicyclic) bond motifs is 1. The van der Waals surface area contributed by atoms with Gasteiger partial charge in [0.1, 0.15) is 6.04 Å². The number of piperidine rings is 1. The number of hydrogen-bond acceptors (Lipinski definition) is 4. The highest BCUT2D eigenvalue weighted by Crippen LogP contribution is 2.29. The van der Waals surface area contributed by atoms with Crippen molar-refractivity contribution in [2.45, 2.75) is 24.8 Å². The van der Waals surface area contributed by atoms with Gasteiger partial charge in [0.25, 0.3) is 0 Å². The van der Waals surface area contributed by atoms with E-state index in [0.717, 1.165) is 23.9 Å². The number of aliphatic carboxylic acids is 1. The van der Waals surface area contributed by atoms with E-state index in [1.54, 1.807) is 12.5 Å². The molecular weight excluding hydrogens is 232 g/mol. The van der Waals surface area contributed by atoms with Crippen LogP contribution in [0.2, 0.25) is 0 Å². The van der Waals surface area contributed by atoms with Crippen LogP contribution >= 0.6 is 0 Å². The Hall–Kier alpha value is -1.88. The van der Waals surface area contributed by atoms with Gasteiger partial charge in [-0.05, 0) is 43.0 Å². The highest BCUT2D eigenvalue weighted by atomic mass is 16.4. The SMILES string of the molecule is O=C(O)C1CC(c2cnc3occc3c2)CCN1. The molecule has 0 radical (unpaired) electrons. The lowest BCUT2D eigenvalue weighted by Gasteiger charge is -2.27. The van der Waals surface area contributed by atoms with E-state index in [1.807, 2.05) is 12.1 Å². The molecule has 2 aromatic rings. The summed E-state index contributed by atoms with van der Waals surface area (Å²) in [5.74, 6) is -0.531. The van der Waals surface area contributed by atoms with Crippen molar-refractivity contribution < 1.29 is 14.3 Å². The predicted molar refractivity (Wildman–Crippen MR) is 65.4 cm³/mol. The molecule has 0 spiro atoms. The molecule has 5 heteroatoms. The summed E-state index contributed by atoms with van der Waals surface area (Å²) in [4.78, 5) is 15.3. The van der Waals surface area contributed by atoms with Gasteiger partial charge in [-0.3, -0.25) is 4.79 Å². The summed E-state index contributed by atoms with van der Waals surface area (Å²) >= 11 is 0. The van der Waals surface area contributed by atoms with E-state index >= 15 is 0 Å². The van der Waals surface area contributed by atoms with Crippen LogP contribution in [0.25, 0.3) is 11.1 Å². The number of hydrogen-bond donors (Lipinski definition) is 2. The molecule has 3 rings (SSSR count). The van der Waals surface area contributed by atoms with Crippen LogP contribution in [0.3, 0.4) is 0 Å². The Morgan fingerprint density at radius 2 is 2.44 bits per heavy atom. The van der Waals surface area contributed by atoms with E-state index < -0.39 is 12.0 Å². The lowest BCUT2D eigenvalue weighted by atomic mass is 9.87. The quantitative estimate of drug-likeness (QED) is 0.844. The van der Waals surface area contributed by atoms with Gasteiger partial charge in [0.2, 0.25) is 5.71 Å². The molecule has 0 bridgehead atoms. The van der Waals surface area contributed by atoms with Gasteiger partial charge < -0.3 is 14.8 Å². The summed E-state index contributed by atoms with van der Waals surface area (Å²) in [5.41, 5.74) is 1.72. The van der Waals surface area contributed by atoms with E-state index in [4.69, 9.17) is 9.52 Å². The largest absolute Gasteiger partial charge is 0.480 e. The number of carboxylic acids is 1. The zero-order valence-corrected chi connectivity index (χ0v) is 9.80. The molecule has 2 N–H and O–H groups in total. The molecule has 1 aliphatic rings. The lowest BCUT2D eigenvalue weighted by molar-refractivity contribution is -0.140. The van der Waals surface area contributed by atoms with Gasteiger partial charge in [0.15, 0.2) is 0 Å². The van der Waals surface area contributed by atoms with Crippen molar-refractivity contribution in [3.05, 3.63) is 30.2 Å². The highest BCUT2D eigenvalue weighted by Gasteiger charge is 2.27. The third-order valence-electron chi connectivity index (χ3n) is 3.50. The maximum absolute atomic E-state index is 11.0. The molecule has 2 unspecified atom stereocenters. The fraction of sp³-hybridized carbons (Fsp3) is 0.385. The van der Waals surface area contributed by atoms with Crippen LogP contribution in [-0.4, -0.2) is 28.6 Å². The third-order valence-corrected chi connectivity index (χ3v) is 3.50. The van der Waals surface area contributed by atoms with E-state index in [-0.39, 0.29) is 5.92 Å². The van der Waals surface area contributed by atoms with Gasteiger partial charge in [-0.25, -0.2) is 4.98 Å². The number of carbonyl (C=O) groups is 1. The van der Waals surface area contributed by atoms with Gasteiger partial charge in [-0.1, -0.05) is 0 Å². The minimum absolute atomic E-state index is 0.249. The molecule has 94 valence electrons. The first-order valence-electron chi connectivity index (χ1n) is 6.03. The Balaban J connectivity index is 1.86. The second kappa shape index (κ2) is 4.42. The maximum Gasteiger partial charge on any atom is 0.320 e. The summed E-state index contributed by atoms with van der Waals surface area (Å²) < 4.78 is 5.20. The summed E-state index contributed by atoms with van der Waals surface area (Å²) in [6, 6.07) is 3.46. The summed E-state index contributed by atoms with van der Waals surface area (Å²) in [7, 11) is 0. The van der Waals surface area contributed by atoms with Crippen molar-refractivity contribution in [2.75, 3.05) is 6.54 Å². The van der Waals surface area contributed by atoms with Crippen molar-refractivity contribution in [1.82, 2.24) is 10.3 Å². The Morgan fingerprint density at radius 3 is 3.28 bits per heavy atom. The monoisotopic (exact) mass is 246 g/mol. The Labute approximate surface area is 104 Å². The van der Waals surface area contributed by atoms with Crippen LogP contribution in [0, 0.1) is 0 Å². The molecule has 1 saturated heterocycles. The average Bonchev–Trinajstić information content (AvgIpc) is 2.86. The molecule has 5 nitrogen and oxygen atoms in total. The van der Waals surface area contributed by atoms with Crippen LogP contribution in [0.4, 0.5) is 0 Å². The van der Waals surface area contributed by atoms with Gasteiger partial charge in [0, 0.05) is 11.6 Å². The highest BCUT2D eigenvalue weighted by molar-refractivity contribution is 5.75. The summed E-state index contributed by atoms with van der Waals surface area (Å²) in [6.07, 6.45) is 4.96. The van der Waals surface area contributed by atoms with Crippen molar-refractivity contribution in [1.29, 1.82) is 0 Å². The standard InChI is InChI=1S/C13H14N2O3/c16-13(17)11-6-8(1-3-14-11)10-5-9-2-4-18-12(9)15-7-10/h2,4-5,7-8,11,14H,1,3,6H2,(H,16,17). The van der Waals surface area contributed by atoms with E-state index in [1.165, 1.54) is 0 Å². The smallest absolute Gasteiger partial charge is 0.320 e. The number of furan rings is 1. The van der Waals surface area contributed by atoms with Crippen LogP contribution in [0.1, 0.15) is 24.3 Å². The first kappa shape index (κ1) is 11.2. The number of aromatic nitrogens is 1. The van der Waals surface area contributed by atoms with Crippen LogP contribution < -0.4 is 5.32 Å². The molecule has 0 aliphatic carbocycles. The number of rotatable bonds is 2. The maximum atomic E-state index is 11.0. The number of pyridine rings is 1. The van der Waals surface area contributed by atoms with Gasteiger partial charge in [-0.15, -0.1) is 0 Å². The molecule has 2 atom stereocenters. The van der Waals surface area contributed by atoms with Crippen LogP contribution in [-0.2, 0) is 4.79 Å². The summed E-state index contributed by atoms with van der Waals surface area (Å²) in [6.45, 7) is 0.727. The van der Waals surface area contributed by atoms with E-state index in [0.29, 0.717) is 12.1 Å². The fourth-order valence-electron chi connectivity index (χ4n) is 2.51. The molecule has 18 heavy (non-hydrogen) atoms. The first-order chi connectivity index (χ1) is 8.74. The minimum Gasteiger partial charge on any atom is -0.480 e. The molecule has 3 heterocycles. The number of nitrogens with zero attached hydrogens (tertiary/aromatic N) is 1. The molecule has 1 fully saturated rings. The van der Waals surface area contributed by atoms with Crippen LogP contribution in [0.15, 0.2) is 29.0 Å². The van der Waals surface area contributed by atoms with Gasteiger partial charge in [0.05, 0.1) is 6.26 Å². The first-order valence-corrected chi connectivity index (χ1v) is 6.03. The van der Waals surface area contributed by atoms with Crippen molar-refractivity contribution in [3.63, 3.8) is 0 Å². The van der Waals surface area contributed by atoms with E-state index in [9.17, 15) is 4.79 Å². The van der Waals surface area contributed by atoms with Crippen LogP contribution in [0.5, 0.6) is 0 Å². The molecule has 0 saturated carbocycles. The zero-order valence-electron chi connectivity index (χ0n) is 9.80. The summed E-state index contributed by atoms with van der Waals surface area (Å²) in [5, 5.41) is 13.0. The Bertz CT molecular complexity index is 578. The molecule has 0 aromatic carbocycles. The molecule has 1 aliphatic heterocycles. The van der Waals surface area contributed by atoms with Gasteiger partial charge >= 0.3 is 5.97 Å². The van der Waals surface area contributed by atoms with Crippen molar-refractivity contribution in [2.24, 2.45) is 0 Å². The fourth-order valence-corrected chi connectivity index (χ4v) is 2.51. The third kappa shape index (κ3) is 1.97. The van der Waals surface area contributed by atoms with Crippen molar-refractivity contribution >= 4 is 17.1 Å². The Morgan fingerprint density at radius 1 is 1.56 bits per heavy atom. The predicted octanol–water partition coefficient (Wildman–Crippen LogP) is 1.75. The molecular formula is C13H14N2O3. The second-order valence-corrected chi connectivity index (χ2v) is 4.65. The molecule has 2 aromatic heterocycles. The Kier molecular flexibility index (Phi) is 2.76. The lowest BCUT2D eigenvalue weighted by Crippen LogP contribution is -2.42. The zero-order chi connectivity index (χ0) is 12.5.